The Morgan fingerprint density at radius 3 is 2.23 bits per heavy atom. The zero-order valence-corrected chi connectivity index (χ0v) is 17.0. The summed E-state index contributed by atoms with van der Waals surface area (Å²) in [4.78, 5) is 25.8. The molecule has 3 aromatic carbocycles. The van der Waals surface area contributed by atoms with Gasteiger partial charge in [-0.2, -0.15) is 0 Å². The molecule has 0 radical (unpaired) electrons. The van der Waals surface area contributed by atoms with Gasteiger partial charge < -0.3 is 15.5 Å². The number of anilines is 2. The third-order valence-electron chi connectivity index (χ3n) is 4.97. The molecule has 0 aliphatic heterocycles. The van der Waals surface area contributed by atoms with Crippen LogP contribution in [0.1, 0.15) is 6.92 Å². The molecule has 3 aromatic rings. The van der Waals surface area contributed by atoms with Gasteiger partial charge in [-0.05, 0) is 42.8 Å². The smallest absolute Gasteiger partial charge is 0.282 e. The number of para-hydroxylation sites is 1. The van der Waals surface area contributed by atoms with Crippen LogP contribution in [-0.2, 0) is 9.59 Å². The monoisotopic (exact) mass is 406 g/mol. The van der Waals surface area contributed by atoms with Crippen molar-refractivity contribution in [1.82, 2.24) is 0 Å². The molecule has 0 bridgehead atoms. The quantitative estimate of drug-likeness (QED) is 0.565. The van der Waals surface area contributed by atoms with Crippen LogP contribution in [0, 0.1) is 5.82 Å². The summed E-state index contributed by atoms with van der Waals surface area (Å²) < 4.78 is 13.0. The van der Waals surface area contributed by atoms with Gasteiger partial charge in [0.15, 0.2) is 12.6 Å². The van der Waals surface area contributed by atoms with Gasteiger partial charge >= 0.3 is 0 Å². The molecule has 0 aliphatic carbocycles. The van der Waals surface area contributed by atoms with E-state index in [9.17, 15) is 14.0 Å². The van der Waals surface area contributed by atoms with E-state index in [1.54, 1.807) is 14.0 Å². The van der Waals surface area contributed by atoms with Gasteiger partial charge in [0.25, 0.3) is 11.8 Å². The van der Waals surface area contributed by atoms with E-state index in [-0.39, 0.29) is 24.2 Å². The Morgan fingerprint density at radius 1 is 0.900 bits per heavy atom. The molecule has 3 rings (SSSR count). The molecule has 2 amide bonds. The van der Waals surface area contributed by atoms with Crippen molar-refractivity contribution in [3.05, 3.63) is 84.7 Å². The van der Waals surface area contributed by atoms with Crippen LogP contribution in [-0.4, -0.2) is 31.4 Å². The maximum Gasteiger partial charge on any atom is 0.282 e. The fourth-order valence-corrected chi connectivity index (χ4v) is 3.07. The molecule has 154 valence electrons. The Bertz CT molecular complexity index is 1010. The summed E-state index contributed by atoms with van der Waals surface area (Å²) in [6.07, 6.45) is 0. The lowest BCUT2D eigenvalue weighted by Gasteiger charge is -2.21. The number of rotatable bonds is 7. The first kappa shape index (κ1) is 21.2. The predicted molar refractivity (Wildman–Crippen MR) is 117 cm³/mol. The van der Waals surface area contributed by atoms with Crippen LogP contribution in [0.25, 0.3) is 11.1 Å². The van der Waals surface area contributed by atoms with Gasteiger partial charge in [-0.3, -0.25) is 9.59 Å². The van der Waals surface area contributed by atoms with Crippen LogP contribution < -0.4 is 15.5 Å². The fourth-order valence-electron chi connectivity index (χ4n) is 3.07. The summed E-state index contributed by atoms with van der Waals surface area (Å²) in [7, 11) is 1.79. The zero-order chi connectivity index (χ0) is 21.5. The van der Waals surface area contributed by atoms with Gasteiger partial charge in [0, 0.05) is 16.9 Å². The standard InChI is InChI=1S/C24H24FN3O2/c1-17(28(2)16-23(29)26-20-14-12-19(25)13-15-20)24(30)27-22-11-7-6-10-21(22)18-8-4-3-5-9-18/h3-15,17H,16H2,1-2H3,(H,26,29)(H,27,30)/p+1/t17-/m0/s1. The summed E-state index contributed by atoms with van der Waals surface area (Å²) in [5.41, 5.74) is 3.19. The number of carbonyl (C=O) groups is 2. The van der Waals surface area contributed by atoms with Gasteiger partial charge in [-0.1, -0.05) is 48.5 Å². The minimum Gasteiger partial charge on any atom is -0.321 e. The summed E-state index contributed by atoms with van der Waals surface area (Å²) in [5, 5.41) is 5.70. The summed E-state index contributed by atoms with van der Waals surface area (Å²) >= 11 is 0. The fraction of sp³-hybridized carbons (Fsp3) is 0.167. The van der Waals surface area contributed by atoms with Crippen molar-refractivity contribution in [2.45, 2.75) is 13.0 Å². The Balaban J connectivity index is 1.62. The maximum atomic E-state index is 13.0. The number of amides is 2. The Hall–Kier alpha value is -3.51. The molecule has 3 N–H and O–H groups in total. The van der Waals surface area contributed by atoms with Gasteiger partial charge in [-0.25, -0.2) is 4.39 Å². The molecule has 0 saturated heterocycles. The highest BCUT2D eigenvalue weighted by Gasteiger charge is 2.24. The van der Waals surface area contributed by atoms with Crippen molar-refractivity contribution < 1.29 is 18.9 Å². The average molecular weight is 406 g/mol. The van der Waals surface area contributed by atoms with E-state index < -0.39 is 6.04 Å². The number of nitrogens with one attached hydrogen (secondary N) is 3. The molecule has 0 aromatic heterocycles. The van der Waals surface area contributed by atoms with Crippen molar-refractivity contribution >= 4 is 23.2 Å². The summed E-state index contributed by atoms with van der Waals surface area (Å²) in [6, 6.07) is 22.6. The molecule has 0 fully saturated rings. The third-order valence-corrected chi connectivity index (χ3v) is 4.97. The van der Waals surface area contributed by atoms with Crippen LogP contribution in [0.2, 0.25) is 0 Å². The lowest BCUT2D eigenvalue weighted by molar-refractivity contribution is -0.885. The van der Waals surface area contributed by atoms with Gasteiger partial charge in [0.05, 0.1) is 7.05 Å². The largest absolute Gasteiger partial charge is 0.321 e. The van der Waals surface area contributed by atoms with Crippen LogP contribution in [0.4, 0.5) is 15.8 Å². The van der Waals surface area contributed by atoms with E-state index in [1.165, 1.54) is 24.3 Å². The normalized spacial score (nSPS) is 12.6. The number of hydrogen-bond donors (Lipinski definition) is 3. The first-order valence-corrected chi connectivity index (χ1v) is 9.77. The highest BCUT2D eigenvalue weighted by atomic mass is 19.1. The number of carbonyl (C=O) groups excluding carboxylic acids is 2. The molecule has 0 heterocycles. The molecule has 0 spiro atoms. The molecule has 1 unspecified atom stereocenters. The number of quaternary nitrogens is 1. The van der Waals surface area contributed by atoms with E-state index >= 15 is 0 Å². The minimum atomic E-state index is -0.451. The SMILES string of the molecule is C[C@@H](C(=O)Nc1ccccc1-c1ccccc1)[NH+](C)CC(=O)Nc1ccc(F)cc1. The molecule has 5 nitrogen and oxygen atoms in total. The Kier molecular flexibility index (Phi) is 6.93. The zero-order valence-electron chi connectivity index (χ0n) is 17.0. The second-order valence-corrected chi connectivity index (χ2v) is 7.20. The van der Waals surface area contributed by atoms with Crippen molar-refractivity contribution in [2.75, 3.05) is 24.2 Å². The van der Waals surface area contributed by atoms with Crippen molar-refractivity contribution in [3.8, 4) is 11.1 Å². The van der Waals surface area contributed by atoms with E-state index in [1.807, 2.05) is 54.6 Å². The predicted octanol–water partition coefficient (Wildman–Crippen LogP) is 2.97. The lowest BCUT2D eigenvalue weighted by atomic mass is 10.0. The number of hydrogen-bond acceptors (Lipinski definition) is 2. The molecular weight excluding hydrogens is 381 g/mol. The second kappa shape index (κ2) is 9.80. The first-order chi connectivity index (χ1) is 14.4. The van der Waals surface area contributed by atoms with Gasteiger partial charge in [0.2, 0.25) is 0 Å². The van der Waals surface area contributed by atoms with Crippen LogP contribution in [0.3, 0.4) is 0 Å². The second-order valence-electron chi connectivity index (χ2n) is 7.20. The maximum absolute atomic E-state index is 13.0. The molecule has 2 atom stereocenters. The number of benzene rings is 3. The average Bonchev–Trinajstić information content (AvgIpc) is 2.75. The summed E-state index contributed by atoms with van der Waals surface area (Å²) in [6.45, 7) is 1.88. The third kappa shape index (κ3) is 5.52. The Labute approximate surface area is 175 Å². The Morgan fingerprint density at radius 2 is 1.53 bits per heavy atom. The highest BCUT2D eigenvalue weighted by Crippen LogP contribution is 2.27. The van der Waals surface area contributed by atoms with Gasteiger partial charge in [-0.15, -0.1) is 0 Å². The lowest BCUT2D eigenvalue weighted by Crippen LogP contribution is -3.14. The van der Waals surface area contributed by atoms with E-state index in [4.69, 9.17) is 0 Å². The van der Waals surface area contributed by atoms with Crippen molar-refractivity contribution in [2.24, 2.45) is 0 Å². The first-order valence-electron chi connectivity index (χ1n) is 9.77. The highest BCUT2D eigenvalue weighted by molar-refractivity contribution is 5.98. The number of likely N-dealkylation sites (N-methyl/N-ethyl adjacent to an activating group) is 1. The van der Waals surface area contributed by atoms with Crippen LogP contribution in [0.15, 0.2) is 78.9 Å². The van der Waals surface area contributed by atoms with Crippen LogP contribution >= 0.6 is 0 Å². The van der Waals surface area contributed by atoms with E-state index in [2.05, 4.69) is 10.6 Å². The summed E-state index contributed by atoms with van der Waals surface area (Å²) in [5.74, 6) is -0.786. The van der Waals surface area contributed by atoms with Crippen molar-refractivity contribution in [1.29, 1.82) is 0 Å². The van der Waals surface area contributed by atoms with E-state index in [0.29, 0.717) is 5.69 Å². The van der Waals surface area contributed by atoms with Crippen molar-refractivity contribution in [3.63, 3.8) is 0 Å². The van der Waals surface area contributed by atoms with Gasteiger partial charge in [0.1, 0.15) is 5.82 Å². The minimum absolute atomic E-state index is 0.103. The molecule has 30 heavy (non-hydrogen) atoms. The number of halogens is 1. The topological polar surface area (TPSA) is 62.6 Å². The molecular formula is C24H25FN3O2+. The molecule has 0 saturated carbocycles. The molecule has 6 heteroatoms. The van der Waals surface area contributed by atoms with Crippen LogP contribution in [0.5, 0.6) is 0 Å². The molecule has 0 aliphatic rings. The van der Waals surface area contributed by atoms with E-state index in [0.717, 1.165) is 21.7 Å².